The molecule has 102 valence electrons. The highest BCUT2D eigenvalue weighted by Gasteiger charge is 2.37. The van der Waals surface area contributed by atoms with Gasteiger partial charge in [-0.25, -0.2) is 9.59 Å². The van der Waals surface area contributed by atoms with Gasteiger partial charge in [-0.15, -0.1) is 0 Å². The number of aliphatic hydroxyl groups is 1. The predicted molar refractivity (Wildman–Crippen MR) is 63.2 cm³/mol. The number of amides is 2. The molecule has 2 rings (SSSR count). The molecule has 2 amide bonds. The number of hydrogen-bond acceptors (Lipinski definition) is 4. The van der Waals surface area contributed by atoms with E-state index in [1.807, 2.05) is 0 Å². The van der Waals surface area contributed by atoms with Gasteiger partial charge < -0.3 is 20.8 Å². The van der Waals surface area contributed by atoms with Crippen molar-refractivity contribution < 1.29 is 19.8 Å². The second-order valence-electron chi connectivity index (χ2n) is 4.85. The maximum Gasteiger partial charge on any atom is 0.334 e. The number of carboxylic acid groups (broad SMARTS) is 1. The molecular weight excluding hydrogens is 238 g/mol. The zero-order chi connectivity index (χ0) is 13.1. The van der Waals surface area contributed by atoms with Crippen molar-refractivity contribution in [1.82, 2.24) is 15.5 Å². The van der Waals surface area contributed by atoms with Gasteiger partial charge in [-0.1, -0.05) is 0 Å². The molecule has 0 spiro atoms. The lowest BCUT2D eigenvalue weighted by Crippen LogP contribution is -2.49. The first kappa shape index (κ1) is 13.1. The summed E-state index contributed by atoms with van der Waals surface area (Å²) >= 11 is 0. The molecule has 18 heavy (non-hydrogen) atoms. The maximum atomic E-state index is 11.6. The fourth-order valence-electron chi connectivity index (χ4n) is 2.75. The molecule has 3 atom stereocenters. The summed E-state index contributed by atoms with van der Waals surface area (Å²) in [6.07, 6.45) is 1.65. The molecule has 2 aliphatic rings. The van der Waals surface area contributed by atoms with Crippen molar-refractivity contribution in [1.29, 1.82) is 0 Å². The van der Waals surface area contributed by atoms with Crippen LogP contribution in [-0.2, 0) is 4.79 Å². The van der Waals surface area contributed by atoms with Crippen LogP contribution in [0.2, 0.25) is 0 Å². The molecule has 2 aliphatic heterocycles. The van der Waals surface area contributed by atoms with Gasteiger partial charge in [0.2, 0.25) is 0 Å². The first-order valence-electron chi connectivity index (χ1n) is 6.27. The summed E-state index contributed by atoms with van der Waals surface area (Å²) in [5, 5.41) is 22.7. The molecule has 0 bridgehead atoms. The first-order valence-corrected chi connectivity index (χ1v) is 6.27. The normalized spacial score (nSPS) is 28.7. The standard InChI is InChI=1S/C11H19N3O4/c15-9(10(16)17)6-12-11(18)13-7-3-5-14-4-1-2-8(7)14/h7-9,15H,1-6H2,(H,16,17)(H2,12,13,18)/t7?,8?,9-/m0/s1. The Morgan fingerprint density at radius 1 is 1.33 bits per heavy atom. The molecule has 0 saturated carbocycles. The molecule has 7 heteroatoms. The monoisotopic (exact) mass is 257 g/mol. The predicted octanol–water partition coefficient (Wildman–Crippen LogP) is -1.03. The van der Waals surface area contributed by atoms with Gasteiger partial charge in [-0.2, -0.15) is 0 Å². The van der Waals surface area contributed by atoms with Crippen molar-refractivity contribution in [2.24, 2.45) is 0 Å². The number of aliphatic carboxylic acids is 1. The lowest BCUT2D eigenvalue weighted by molar-refractivity contribution is -0.146. The third kappa shape index (κ3) is 2.91. The van der Waals surface area contributed by atoms with Gasteiger partial charge >= 0.3 is 12.0 Å². The minimum atomic E-state index is -1.55. The Hall–Kier alpha value is -1.34. The number of carbonyl (C=O) groups excluding carboxylic acids is 1. The van der Waals surface area contributed by atoms with Crippen LogP contribution in [0, 0.1) is 0 Å². The van der Waals surface area contributed by atoms with Crippen molar-refractivity contribution in [3.05, 3.63) is 0 Å². The molecule has 7 nitrogen and oxygen atoms in total. The summed E-state index contributed by atoms with van der Waals surface area (Å²) in [6, 6.07) is 0.142. The molecule has 2 fully saturated rings. The summed E-state index contributed by atoms with van der Waals surface area (Å²) in [7, 11) is 0. The Balaban J connectivity index is 1.73. The molecular formula is C11H19N3O4. The second kappa shape index (κ2) is 5.53. The molecule has 0 aliphatic carbocycles. The zero-order valence-corrected chi connectivity index (χ0v) is 10.1. The number of urea groups is 1. The highest BCUT2D eigenvalue weighted by molar-refractivity contribution is 5.76. The first-order chi connectivity index (χ1) is 8.58. The van der Waals surface area contributed by atoms with Gasteiger partial charge in [0, 0.05) is 18.6 Å². The average Bonchev–Trinajstić information content (AvgIpc) is 2.90. The number of hydrogen-bond donors (Lipinski definition) is 4. The van der Waals surface area contributed by atoms with Crippen LogP contribution in [0.4, 0.5) is 4.79 Å². The van der Waals surface area contributed by atoms with E-state index in [4.69, 9.17) is 10.2 Å². The van der Waals surface area contributed by atoms with E-state index < -0.39 is 18.1 Å². The van der Waals surface area contributed by atoms with Crippen molar-refractivity contribution >= 4 is 12.0 Å². The van der Waals surface area contributed by atoms with Crippen LogP contribution in [-0.4, -0.2) is 64.9 Å². The number of carboxylic acids is 1. The fourth-order valence-corrected chi connectivity index (χ4v) is 2.75. The highest BCUT2D eigenvalue weighted by atomic mass is 16.4. The number of carbonyl (C=O) groups is 2. The average molecular weight is 257 g/mol. The number of aliphatic hydroxyl groups excluding tert-OH is 1. The van der Waals surface area contributed by atoms with E-state index in [9.17, 15) is 9.59 Å². The number of nitrogens with one attached hydrogen (secondary N) is 2. The summed E-state index contributed by atoms with van der Waals surface area (Å²) in [6.45, 7) is 1.83. The SMILES string of the molecule is O=C(NC[C@H](O)C(=O)O)NC1CCN2CCCC12. The quantitative estimate of drug-likeness (QED) is 0.516. The summed E-state index contributed by atoms with van der Waals surface area (Å²) in [5.74, 6) is -1.34. The smallest absolute Gasteiger partial charge is 0.334 e. The Morgan fingerprint density at radius 2 is 2.11 bits per heavy atom. The van der Waals surface area contributed by atoms with Crippen LogP contribution in [0.3, 0.4) is 0 Å². The molecule has 2 saturated heterocycles. The van der Waals surface area contributed by atoms with E-state index >= 15 is 0 Å². The lowest BCUT2D eigenvalue weighted by Gasteiger charge is -2.21. The van der Waals surface area contributed by atoms with Gasteiger partial charge in [0.25, 0.3) is 0 Å². The fraction of sp³-hybridized carbons (Fsp3) is 0.818. The number of rotatable bonds is 4. The van der Waals surface area contributed by atoms with Crippen molar-refractivity contribution in [2.75, 3.05) is 19.6 Å². The second-order valence-corrected chi connectivity index (χ2v) is 4.85. The Labute approximate surface area is 105 Å². The minimum absolute atomic E-state index is 0.134. The largest absolute Gasteiger partial charge is 0.479 e. The molecule has 0 radical (unpaired) electrons. The maximum absolute atomic E-state index is 11.6. The number of fused-ring (bicyclic) bond motifs is 1. The topological polar surface area (TPSA) is 102 Å². The van der Waals surface area contributed by atoms with E-state index in [2.05, 4.69) is 15.5 Å². The van der Waals surface area contributed by atoms with Crippen LogP contribution in [0.25, 0.3) is 0 Å². The van der Waals surface area contributed by atoms with Crippen molar-refractivity contribution in [3.8, 4) is 0 Å². The van der Waals surface area contributed by atoms with Crippen LogP contribution in [0.5, 0.6) is 0 Å². The van der Waals surface area contributed by atoms with Gasteiger partial charge in [-0.3, -0.25) is 4.90 Å². The third-order valence-corrected chi connectivity index (χ3v) is 3.66. The molecule has 0 aromatic heterocycles. The van der Waals surface area contributed by atoms with E-state index in [1.54, 1.807) is 0 Å². The van der Waals surface area contributed by atoms with Crippen LogP contribution in [0.1, 0.15) is 19.3 Å². The van der Waals surface area contributed by atoms with Crippen LogP contribution < -0.4 is 10.6 Å². The molecule has 2 unspecified atom stereocenters. The van der Waals surface area contributed by atoms with Gasteiger partial charge in [0.1, 0.15) is 0 Å². The summed E-state index contributed by atoms with van der Waals surface area (Å²) < 4.78 is 0. The van der Waals surface area contributed by atoms with Gasteiger partial charge in [0.05, 0.1) is 6.54 Å². The highest BCUT2D eigenvalue weighted by Crippen LogP contribution is 2.27. The van der Waals surface area contributed by atoms with E-state index in [-0.39, 0.29) is 12.6 Å². The molecule has 0 aromatic carbocycles. The number of nitrogens with zero attached hydrogens (tertiary/aromatic N) is 1. The van der Waals surface area contributed by atoms with E-state index in [1.165, 1.54) is 6.42 Å². The Morgan fingerprint density at radius 3 is 2.83 bits per heavy atom. The Kier molecular flexibility index (Phi) is 4.03. The summed E-state index contributed by atoms with van der Waals surface area (Å²) in [4.78, 5) is 24.3. The zero-order valence-electron chi connectivity index (χ0n) is 10.1. The van der Waals surface area contributed by atoms with Crippen LogP contribution in [0.15, 0.2) is 0 Å². The molecule has 2 heterocycles. The van der Waals surface area contributed by atoms with Gasteiger partial charge in [-0.05, 0) is 25.8 Å². The third-order valence-electron chi connectivity index (χ3n) is 3.66. The molecule has 0 aromatic rings. The van der Waals surface area contributed by atoms with E-state index in [0.29, 0.717) is 6.04 Å². The minimum Gasteiger partial charge on any atom is -0.479 e. The Bertz CT molecular complexity index is 336. The van der Waals surface area contributed by atoms with Gasteiger partial charge in [0.15, 0.2) is 6.10 Å². The lowest BCUT2D eigenvalue weighted by atomic mass is 10.1. The molecule has 4 N–H and O–H groups in total. The van der Waals surface area contributed by atoms with E-state index in [0.717, 1.165) is 25.9 Å². The summed E-state index contributed by atoms with van der Waals surface area (Å²) in [5.41, 5.74) is 0. The van der Waals surface area contributed by atoms with Crippen molar-refractivity contribution in [3.63, 3.8) is 0 Å². The van der Waals surface area contributed by atoms with Crippen LogP contribution >= 0.6 is 0 Å². The van der Waals surface area contributed by atoms with Crippen molar-refractivity contribution in [2.45, 2.75) is 37.5 Å².